The Kier molecular flexibility index (Phi) is 7.56. The van der Waals surface area contributed by atoms with Crippen molar-refractivity contribution in [2.75, 3.05) is 4.90 Å². The summed E-state index contributed by atoms with van der Waals surface area (Å²) in [7, 11) is 0. The highest BCUT2D eigenvalue weighted by Crippen LogP contribution is 2.57. The summed E-state index contributed by atoms with van der Waals surface area (Å²) in [4.78, 5) is 2.49. The van der Waals surface area contributed by atoms with E-state index in [4.69, 9.17) is 0 Å². The number of nitrogens with zero attached hydrogens (tertiary/aromatic N) is 1. The molecule has 3 heteroatoms. The molecule has 0 radical (unpaired) electrons. The minimum absolute atomic E-state index is 0.451. The van der Waals surface area contributed by atoms with Crippen LogP contribution in [0.15, 0.2) is 212 Å². The molecule has 1 nitrogen and oxygen atoms in total. The van der Waals surface area contributed by atoms with E-state index < -0.39 is 5.41 Å². The van der Waals surface area contributed by atoms with E-state index in [0.717, 1.165) is 11.4 Å². The van der Waals surface area contributed by atoms with Crippen LogP contribution in [-0.4, -0.2) is 0 Å². The molecular weight excluding hydrogens is 739 g/mol. The number of benzene rings is 9. The summed E-state index contributed by atoms with van der Waals surface area (Å²) in [5, 5.41) is 5.22. The molecule has 11 aromatic rings. The van der Waals surface area contributed by atoms with Crippen LogP contribution in [0, 0.1) is 0 Å². The average molecular weight is 774 g/mol. The van der Waals surface area contributed by atoms with Gasteiger partial charge in [0.2, 0.25) is 0 Å². The summed E-state index contributed by atoms with van der Waals surface area (Å²) in [6.45, 7) is 0. The highest BCUT2D eigenvalue weighted by molar-refractivity contribution is 7.26. The van der Waals surface area contributed by atoms with Crippen LogP contribution in [0.25, 0.3) is 62.6 Å². The molecule has 0 unspecified atom stereocenters. The van der Waals surface area contributed by atoms with E-state index >= 15 is 0 Å². The molecule has 9 aromatic carbocycles. The van der Waals surface area contributed by atoms with E-state index in [0.29, 0.717) is 0 Å². The van der Waals surface area contributed by atoms with Crippen LogP contribution in [-0.2, 0) is 5.41 Å². The zero-order chi connectivity index (χ0) is 38.2. The van der Waals surface area contributed by atoms with Gasteiger partial charge in [-0.05, 0) is 99.1 Å². The Morgan fingerprint density at radius 1 is 0.345 bits per heavy atom. The van der Waals surface area contributed by atoms with Crippen LogP contribution in [0.5, 0.6) is 0 Å². The van der Waals surface area contributed by atoms with Gasteiger partial charge in [0.05, 0.1) is 15.8 Å². The topological polar surface area (TPSA) is 3.24 Å². The van der Waals surface area contributed by atoms with E-state index in [1.165, 1.54) is 90.5 Å². The molecule has 58 heavy (non-hydrogen) atoms. The predicted octanol–water partition coefficient (Wildman–Crippen LogP) is 15.9. The minimum atomic E-state index is -0.451. The van der Waals surface area contributed by atoms with Crippen molar-refractivity contribution in [2.24, 2.45) is 0 Å². The molecule has 0 bridgehead atoms. The van der Waals surface area contributed by atoms with Crippen molar-refractivity contribution in [3.63, 3.8) is 0 Å². The second kappa shape index (κ2) is 13.1. The largest absolute Gasteiger partial charge is 0.309 e. The fourth-order valence-corrected chi connectivity index (χ4v) is 11.9. The highest BCUT2D eigenvalue weighted by Gasteiger charge is 2.46. The van der Waals surface area contributed by atoms with E-state index in [1.807, 2.05) is 22.7 Å². The van der Waals surface area contributed by atoms with Crippen molar-refractivity contribution < 1.29 is 0 Å². The van der Waals surface area contributed by atoms with Gasteiger partial charge in [0.15, 0.2) is 0 Å². The van der Waals surface area contributed by atoms with Crippen LogP contribution in [0.1, 0.15) is 22.3 Å². The second-order valence-corrected chi connectivity index (χ2v) is 17.3. The minimum Gasteiger partial charge on any atom is -0.309 e. The van der Waals surface area contributed by atoms with Crippen molar-refractivity contribution in [3.05, 3.63) is 235 Å². The summed E-state index contributed by atoms with van der Waals surface area (Å²) in [6, 6.07) is 78.8. The van der Waals surface area contributed by atoms with Gasteiger partial charge in [-0.3, -0.25) is 0 Å². The molecule has 272 valence electrons. The van der Waals surface area contributed by atoms with E-state index in [2.05, 4.69) is 217 Å². The summed E-state index contributed by atoms with van der Waals surface area (Å²) in [6.07, 6.45) is 0. The predicted molar refractivity (Wildman–Crippen MR) is 250 cm³/mol. The molecule has 0 aliphatic heterocycles. The third kappa shape index (κ3) is 4.94. The van der Waals surface area contributed by atoms with Crippen molar-refractivity contribution >= 4 is 80.1 Å². The zero-order valence-corrected chi connectivity index (χ0v) is 33.1. The maximum absolute atomic E-state index is 2.49. The Labute approximate surface area is 345 Å². The quantitative estimate of drug-likeness (QED) is 0.163. The molecule has 0 saturated heterocycles. The van der Waals surface area contributed by atoms with Gasteiger partial charge in [0.1, 0.15) is 0 Å². The van der Waals surface area contributed by atoms with E-state index in [1.54, 1.807) is 0 Å². The van der Waals surface area contributed by atoms with Gasteiger partial charge in [0.25, 0.3) is 0 Å². The number of rotatable bonds is 6. The fraction of sp³-hybridized carbons (Fsp3) is 0.0182. The number of fused-ring (bicyclic) bond motifs is 9. The van der Waals surface area contributed by atoms with Crippen LogP contribution in [0.3, 0.4) is 0 Å². The van der Waals surface area contributed by atoms with Crippen molar-refractivity contribution in [1.82, 2.24) is 0 Å². The number of thiophene rings is 2. The number of anilines is 3. The Morgan fingerprint density at radius 3 is 1.72 bits per heavy atom. The first-order valence-electron chi connectivity index (χ1n) is 19.8. The Balaban J connectivity index is 1.10. The Hall–Kier alpha value is -6.78. The molecule has 0 spiro atoms. The molecule has 2 heterocycles. The lowest BCUT2D eigenvalue weighted by molar-refractivity contribution is 0.768. The maximum atomic E-state index is 2.49. The first-order valence-corrected chi connectivity index (χ1v) is 21.5. The van der Waals surface area contributed by atoms with Crippen LogP contribution >= 0.6 is 22.7 Å². The fourth-order valence-electron chi connectivity index (χ4n) is 9.64. The first kappa shape index (κ1) is 33.4. The van der Waals surface area contributed by atoms with Gasteiger partial charge in [-0.2, -0.15) is 0 Å². The summed E-state index contributed by atoms with van der Waals surface area (Å²) >= 11 is 3.74. The highest BCUT2D eigenvalue weighted by atomic mass is 32.1. The summed E-state index contributed by atoms with van der Waals surface area (Å²) in [5.74, 6) is 0. The lowest BCUT2D eigenvalue weighted by Crippen LogP contribution is -2.28. The Morgan fingerprint density at radius 2 is 0.931 bits per heavy atom. The van der Waals surface area contributed by atoms with Crippen LogP contribution < -0.4 is 4.90 Å². The molecule has 1 aliphatic carbocycles. The van der Waals surface area contributed by atoms with Gasteiger partial charge in [0, 0.05) is 47.0 Å². The van der Waals surface area contributed by atoms with Crippen molar-refractivity contribution in [1.29, 1.82) is 0 Å². The van der Waals surface area contributed by atoms with Crippen molar-refractivity contribution in [2.45, 2.75) is 5.41 Å². The second-order valence-electron chi connectivity index (χ2n) is 15.2. The lowest BCUT2D eigenvalue weighted by atomic mass is 9.68. The SMILES string of the molecule is c1ccc(C2(c3ccccc3)c3ccccc3-c3cc(N(c4cccc(-c5ccc6sc7ccccc7c6c5)c4)c4cccc5c4sc4ccccc45)ccc32)cc1. The molecule has 0 saturated carbocycles. The normalized spacial score (nSPS) is 13.0. The molecule has 0 fully saturated rings. The molecule has 12 rings (SSSR count). The van der Waals surface area contributed by atoms with Gasteiger partial charge in [-0.15, -0.1) is 22.7 Å². The molecule has 1 aliphatic rings. The van der Waals surface area contributed by atoms with Gasteiger partial charge in [-0.25, -0.2) is 0 Å². The molecule has 0 N–H and O–H groups in total. The maximum Gasteiger partial charge on any atom is 0.0713 e. The molecular formula is C55H35NS2. The first-order chi connectivity index (χ1) is 28.8. The monoisotopic (exact) mass is 773 g/mol. The van der Waals surface area contributed by atoms with Crippen LogP contribution in [0.2, 0.25) is 0 Å². The zero-order valence-electron chi connectivity index (χ0n) is 31.5. The van der Waals surface area contributed by atoms with E-state index in [9.17, 15) is 0 Å². The smallest absolute Gasteiger partial charge is 0.0713 e. The standard InChI is InChI=1S/C55H35NS2/c1-3-16-38(17-4-1)55(39-18-5-2-6-19-39)48-25-10-7-21-42(48)46-35-41(30-31-49(46)55)56(50-26-14-24-45-43-22-8-12-28-52(43)58-54(45)50)40-20-13-15-36(33-40)37-29-32-53-47(34-37)44-23-9-11-27-51(44)57-53/h1-35H. The van der Waals surface area contributed by atoms with Crippen molar-refractivity contribution in [3.8, 4) is 22.3 Å². The third-order valence-corrected chi connectivity index (χ3v) is 14.5. The summed E-state index contributed by atoms with van der Waals surface area (Å²) < 4.78 is 5.23. The Bertz CT molecular complexity index is 3320. The molecule has 2 aromatic heterocycles. The molecule has 0 atom stereocenters. The number of hydrogen-bond acceptors (Lipinski definition) is 3. The third-order valence-electron chi connectivity index (χ3n) is 12.1. The number of hydrogen-bond donors (Lipinski definition) is 0. The van der Waals surface area contributed by atoms with Gasteiger partial charge < -0.3 is 4.90 Å². The summed E-state index contributed by atoms with van der Waals surface area (Å²) in [5.41, 5.74) is 13.1. The van der Waals surface area contributed by atoms with Gasteiger partial charge >= 0.3 is 0 Å². The average Bonchev–Trinajstić information content (AvgIpc) is 3.96. The lowest BCUT2D eigenvalue weighted by Gasteiger charge is -2.34. The van der Waals surface area contributed by atoms with Crippen LogP contribution in [0.4, 0.5) is 17.1 Å². The molecule has 0 amide bonds. The van der Waals surface area contributed by atoms with E-state index in [-0.39, 0.29) is 0 Å². The van der Waals surface area contributed by atoms with Gasteiger partial charge in [-0.1, -0.05) is 158 Å².